The fraction of sp³-hybridized carbons (Fsp3) is 0.423. The van der Waals surface area contributed by atoms with Crippen LogP contribution in [0.25, 0.3) is 5.57 Å². The first-order valence-electron chi connectivity index (χ1n) is 11.8. The molecule has 1 aliphatic carbocycles. The average molecular weight is 466 g/mol. The molecule has 0 spiro atoms. The summed E-state index contributed by atoms with van der Waals surface area (Å²) in [5.74, 6) is -0.0168. The molecule has 2 aromatic carbocycles. The SMILES string of the molecule is Cc1cccc(N2CCN(S(=O)(=O)c3ccc4c(c3)C(=C3CCCC3)C(=O)N4C)C[C@@H]2C)c1. The summed E-state index contributed by atoms with van der Waals surface area (Å²) < 4.78 is 28.8. The first-order valence-corrected chi connectivity index (χ1v) is 13.2. The van der Waals surface area contributed by atoms with Gasteiger partial charge in [-0.2, -0.15) is 4.31 Å². The predicted molar refractivity (Wildman–Crippen MR) is 132 cm³/mol. The molecule has 0 radical (unpaired) electrons. The number of rotatable bonds is 3. The van der Waals surface area contributed by atoms with Gasteiger partial charge in [0.2, 0.25) is 10.0 Å². The van der Waals surface area contributed by atoms with Crippen LogP contribution >= 0.6 is 0 Å². The lowest BCUT2D eigenvalue weighted by Gasteiger charge is -2.40. The van der Waals surface area contributed by atoms with Gasteiger partial charge in [-0.15, -0.1) is 0 Å². The molecule has 1 saturated carbocycles. The topological polar surface area (TPSA) is 60.9 Å². The monoisotopic (exact) mass is 465 g/mol. The number of amides is 1. The van der Waals surface area contributed by atoms with Gasteiger partial charge in [0, 0.05) is 49.5 Å². The molecule has 0 N–H and O–H groups in total. The predicted octanol–water partition coefficient (Wildman–Crippen LogP) is 4.20. The lowest BCUT2D eigenvalue weighted by Crippen LogP contribution is -2.53. The molecule has 2 fully saturated rings. The smallest absolute Gasteiger partial charge is 0.258 e. The molecule has 0 unspecified atom stereocenters. The van der Waals surface area contributed by atoms with Crippen LogP contribution in [0.1, 0.15) is 43.7 Å². The molecule has 174 valence electrons. The number of carbonyl (C=O) groups excluding carboxylic acids is 1. The minimum Gasteiger partial charge on any atom is -0.366 e. The molecule has 33 heavy (non-hydrogen) atoms. The summed E-state index contributed by atoms with van der Waals surface area (Å²) >= 11 is 0. The van der Waals surface area contributed by atoms with Crippen LogP contribution in [0.5, 0.6) is 0 Å². The first kappa shape index (κ1) is 22.2. The number of piperazine rings is 1. The van der Waals surface area contributed by atoms with Gasteiger partial charge < -0.3 is 9.80 Å². The van der Waals surface area contributed by atoms with Crippen LogP contribution in [-0.4, -0.2) is 51.4 Å². The number of sulfonamides is 1. The van der Waals surface area contributed by atoms with E-state index in [1.165, 1.54) is 11.1 Å². The molecule has 0 aromatic heterocycles. The Kier molecular flexibility index (Phi) is 5.57. The van der Waals surface area contributed by atoms with E-state index in [4.69, 9.17) is 0 Å². The van der Waals surface area contributed by atoms with Crippen LogP contribution in [-0.2, 0) is 14.8 Å². The van der Waals surface area contributed by atoms with E-state index >= 15 is 0 Å². The zero-order valence-corrected chi connectivity index (χ0v) is 20.4. The third-order valence-corrected chi connectivity index (χ3v) is 9.10. The highest BCUT2D eigenvalue weighted by Crippen LogP contribution is 2.43. The quantitative estimate of drug-likeness (QED) is 0.638. The second-order valence-electron chi connectivity index (χ2n) is 9.47. The maximum atomic E-state index is 13.6. The Bertz CT molecular complexity index is 1240. The summed E-state index contributed by atoms with van der Waals surface area (Å²) in [6.45, 7) is 5.65. The van der Waals surface area contributed by atoms with Crippen LogP contribution in [0, 0.1) is 6.92 Å². The van der Waals surface area contributed by atoms with Gasteiger partial charge in [-0.1, -0.05) is 17.7 Å². The molecule has 3 aliphatic rings. The number of anilines is 2. The Hall–Kier alpha value is -2.64. The van der Waals surface area contributed by atoms with Gasteiger partial charge in [0.1, 0.15) is 0 Å². The maximum absolute atomic E-state index is 13.6. The Morgan fingerprint density at radius 2 is 1.76 bits per heavy atom. The summed E-state index contributed by atoms with van der Waals surface area (Å²) in [5, 5.41) is 0. The largest absolute Gasteiger partial charge is 0.366 e. The molecule has 5 rings (SSSR count). The van der Waals surface area contributed by atoms with Crippen LogP contribution in [0.2, 0.25) is 0 Å². The molecule has 6 nitrogen and oxygen atoms in total. The maximum Gasteiger partial charge on any atom is 0.258 e. The van der Waals surface area contributed by atoms with Crippen molar-refractivity contribution < 1.29 is 13.2 Å². The van der Waals surface area contributed by atoms with E-state index in [0.717, 1.165) is 48.2 Å². The highest BCUT2D eigenvalue weighted by molar-refractivity contribution is 7.89. The van der Waals surface area contributed by atoms with Gasteiger partial charge >= 0.3 is 0 Å². The van der Waals surface area contributed by atoms with Gasteiger partial charge in [-0.05, 0) is 75.4 Å². The van der Waals surface area contributed by atoms with Crippen molar-refractivity contribution in [1.82, 2.24) is 4.31 Å². The second-order valence-corrected chi connectivity index (χ2v) is 11.4. The number of likely N-dealkylation sites (N-methyl/N-ethyl adjacent to an activating group) is 1. The van der Waals surface area contributed by atoms with Crippen molar-refractivity contribution in [2.45, 2.75) is 50.5 Å². The highest BCUT2D eigenvalue weighted by atomic mass is 32.2. The third kappa shape index (κ3) is 3.77. The van der Waals surface area contributed by atoms with E-state index in [9.17, 15) is 13.2 Å². The number of nitrogens with zero attached hydrogens (tertiary/aromatic N) is 3. The number of aryl methyl sites for hydroxylation is 1. The molecule has 1 atom stereocenters. The standard InChI is InChI=1S/C26H31N3O3S/c1-18-7-6-10-21(15-18)29-14-13-28(17-19(29)2)33(31,32)22-11-12-24-23(16-22)25(26(30)27(24)3)20-8-4-5-9-20/h6-7,10-12,15-16,19H,4-5,8-9,13-14,17H2,1-3H3/t19-/m0/s1. The van der Waals surface area contributed by atoms with E-state index < -0.39 is 10.0 Å². The van der Waals surface area contributed by atoms with E-state index in [-0.39, 0.29) is 16.8 Å². The number of allylic oxidation sites excluding steroid dienone is 1. The zero-order valence-electron chi connectivity index (χ0n) is 19.5. The minimum absolute atomic E-state index is 0.0168. The number of fused-ring (bicyclic) bond motifs is 1. The molecular formula is C26H31N3O3S. The van der Waals surface area contributed by atoms with Crippen LogP contribution in [0.15, 0.2) is 52.9 Å². The second kappa shape index (κ2) is 8.29. The molecule has 2 heterocycles. The first-order chi connectivity index (χ1) is 15.8. The number of hydrogen-bond donors (Lipinski definition) is 0. The van der Waals surface area contributed by atoms with Crippen LogP contribution in [0.3, 0.4) is 0 Å². The molecule has 0 bridgehead atoms. The van der Waals surface area contributed by atoms with Gasteiger partial charge in [0.25, 0.3) is 5.91 Å². The van der Waals surface area contributed by atoms with Crippen LogP contribution in [0.4, 0.5) is 11.4 Å². The third-order valence-electron chi connectivity index (χ3n) is 7.24. The van der Waals surface area contributed by atoms with Gasteiger partial charge in [0.05, 0.1) is 10.6 Å². The van der Waals surface area contributed by atoms with Crippen molar-refractivity contribution in [3.05, 3.63) is 59.2 Å². The van der Waals surface area contributed by atoms with Crippen molar-refractivity contribution in [2.75, 3.05) is 36.5 Å². The van der Waals surface area contributed by atoms with Gasteiger partial charge in [-0.25, -0.2) is 8.42 Å². The lowest BCUT2D eigenvalue weighted by molar-refractivity contribution is -0.112. The van der Waals surface area contributed by atoms with E-state index in [1.807, 2.05) is 6.07 Å². The minimum atomic E-state index is -3.66. The Labute approximate surface area is 196 Å². The lowest BCUT2D eigenvalue weighted by atomic mass is 10.00. The fourth-order valence-corrected chi connectivity index (χ4v) is 6.97. The fourth-order valence-electron chi connectivity index (χ4n) is 5.44. The summed E-state index contributed by atoms with van der Waals surface area (Å²) in [5.41, 5.74) is 5.78. The molecule has 2 aliphatic heterocycles. The van der Waals surface area contributed by atoms with Gasteiger partial charge in [-0.3, -0.25) is 4.79 Å². The molecule has 1 amide bonds. The summed E-state index contributed by atoms with van der Waals surface area (Å²) in [6.07, 6.45) is 4.02. The molecular weight excluding hydrogens is 434 g/mol. The summed E-state index contributed by atoms with van der Waals surface area (Å²) in [6, 6.07) is 13.6. The summed E-state index contributed by atoms with van der Waals surface area (Å²) in [4.78, 5) is 17.2. The Morgan fingerprint density at radius 1 is 1.00 bits per heavy atom. The normalized spacial score (nSPS) is 21.8. The highest BCUT2D eigenvalue weighted by Gasteiger charge is 2.36. The average Bonchev–Trinajstić information content (AvgIpc) is 3.40. The number of carbonyl (C=O) groups is 1. The zero-order chi connectivity index (χ0) is 23.3. The van der Waals surface area contributed by atoms with E-state index in [0.29, 0.717) is 19.6 Å². The Morgan fingerprint density at radius 3 is 2.45 bits per heavy atom. The summed E-state index contributed by atoms with van der Waals surface area (Å²) in [7, 11) is -1.89. The van der Waals surface area contributed by atoms with E-state index in [1.54, 1.807) is 34.5 Å². The van der Waals surface area contributed by atoms with Crippen molar-refractivity contribution >= 4 is 32.9 Å². The molecule has 1 saturated heterocycles. The molecule has 7 heteroatoms. The van der Waals surface area contributed by atoms with Crippen molar-refractivity contribution in [3.8, 4) is 0 Å². The van der Waals surface area contributed by atoms with E-state index in [2.05, 4.69) is 36.9 Å². The number of benzene rings is 2. The van der Waals surface area contributed by atoms with Gasteiger partial charge in [0.15, 0.2) is 0 Å². The Balaban J connectivity index is 1.44. The van der Waals surface area contributed by atoms with Crippen molar-refractivity contribution in [1.29, 1.82) is 0 Å². The number of hydrogen-bond acceptors (Lipinski definition) is 4. The molecule has 2 aromatic rings. The van der Waals surface area contributed by atoms with Crippen molar-refractivity contribution in [2.24, 2.45) is 0 Å². The van der Waals surface area contributed by atoms with Crippen LogP contribution < -0.4 is 9.80 Å². The van der Waals surface area contributed by atoms with Crippen molar-refractivity contribution in [3.63, 3.8) is 0 Å².